The van der Waals surface area contributed by atoms with Crippen molar-refractivity contribution in [2.75, 3.05) is 32.1 Å². The summed E-state index contributed by atoms with van der Waals surface area (Å²) in [5, 5.41) is 6.36. The fourth-order valence-corrected chi connectivity index (χ4v) is 3.92. The Kier molecular flexibility index (Phi) is 5.90. The molecule has 0 atom stereocenters. The second-order valence-corrected chi connectivity index (χ2v) is 6.92. The van der Waals surface area contributed by atoms with Gasteiger partial charge in [-0.15, -0.1) is 0 Å². The highest BCUT2D eigenvalue weighted by atomic mass is 32.1. The summed E-state index contributed by atoms with van der Waals surface area (Å²) in [6.45, 7) is 5.96. The molecule has 2 aromatic heterocycles. The average molecular weight is 372 g/mol. The Hall–Kier alpha value is -2.38. The average Bonchev–Trinajstić information content (AvgIpc) is 3.17. The Morgan fingerprint density at radius 2 is 2.08 bits per heavy atom. The van der Waals surface area contributed by atoms with Crippen molar-refractivity contribution in [2.45, 2.75) is 20.3 Å². The first-order valence-electron chi connectivity index (χ1n) is 8.75. The van der Waals surface area contributed by atoms with Gasteiger partial charge in [0.15, 0.2) is 4.96 Å². The molecule has 0 unspecified atom stereocenters. The van der Waals surface area contributed by atoms with Crippen LogP contribution in [-0.2, 0) is 4.74 Å². The molecule has 7 heteroatoms. The van der Waals surface area contributed by atoms with Crippen LogP contribution in [-0.4, -0.2) is 42.1 Å². The molecule has 0 spiro atoms. The van der Waals surface area contributed by atoms with Crippen molar-refractivity contribution in [3.05, 3.63) is 40.9 Å². The molecular formula is C19H24N4O2S. The lowest BCUT2D eigenvalue weighted by atomic mass is 10.1. The van der Waals surface area contributed by atoms with Crippen LogP contribution in [0.5, 0.6) is 0 Å². The van der Waals surface area contributed by atoms with Crippen molar-refractivity contribution in [2.24, 2.45) is 0 Å². The molecule has 0 bridgehead atoms. The van der Waals surface area contributed by atoms with Gasteiger partial charge in [-0.1, -0.05) is 41.7 Å². The number of hydrogen-bond donors (Lipinski definition) is 2. The van der Waals surface area contributed by atoms with Gasteiger partial charge in [0.05, 0.1) is 0 Å². The molecule has 0 aliphatic heterocycles. The van der Waals surface area contributed by atoms with Crippen LogP contribution in [0, 0.1) is 6.92 Å². The van der Waals surface area contributed by atoms with Crippen molar-refractivity contribution >= 4 is 28.0 Å². The van der Waals surface area contributed by atoms with Crippen LogP contribution >= 0.6 is 11.3 Å². The fraction of sp³-hybridized carbons (Fsp3) is 0.368. The van der Waals surface area contributed by atoms with Crippen molar-refractivity contribution in [3.8, 4) is 11.3 Å². The number of carbonyl (C=O) groups is 1. The highest BCUT2D eigenvalue weighted by Crippen LogP contribution is 2.34. The number of fused-ring (bicyclic) bond motifs is 1. The Morgan fingerprint density at radius 1 is 1.31 bits per heavy atom. The zero-order valence-electron chi connectivity index (χ0n) is 15.3. The van der Waals surface area contributed by atoms with Gasteiger partial charge >= 0.3 is 0 Å². The summed E-state index contributed by atoms with van der Waals surface area (Å²) in [4.78, 5) is 18.7. The normalized spacial score (nSPS) is 11.0. The van der Waals surface area contributed by atoms with E-state index in [1.54, 1.807) is 7.11 Å². The van der Waals surface area contributed by atoms with E-state index in [0.717, 1.165) is 40.7 Å². The smallest absolute Gasteiger partial charge is 0.263 e. The second kappa shape index (κ2) is 8.33. The number of nitrogens with zero attached hydrogens (tertiary/aromatic N) is 2. The first kappa shape index (κ1) is 18.4. The minimum atomic E-state index is -0.0490. The van der Waals surface area contributed by atoms with E-state index in [1.165, 1.54) is 11.3 Å². The largest absolute Gasteiger partial charge is 0.385 e. The summed E-state index contributed by atoms with van der Waals surface area (Å²) in [5.74, 6) is 0.874. The maximum Gasteiger partial charge on any atom is 0.263 e. The molecule has 0 saturated carbocycles. The van der Waals surface area contributed by atoms with Crippen LogP contribution in [0.25, 0.3) is 16.2 Å². The van der Waals surface area contributed by atoms with Gasteiger partial charge in [0.25, 0.3) is 5.91 Å². The van der Waals surface area contributed by atoms with Crippen molar-refractivity contribution in [1.29, 1.82) is 0 Å². The van der Waals surface area contributed by atoms with Crippen LogP contribution < -0.4 is 10.6 Å². The van der Waals surface area contributed by atoms with Crippen molar-refractivity contribution in [3.63, 3.8) is 0 Å². The lowest BCUT2D eigenvalue weighted by Crippen LogP contribution is -2.22. The third-order valence-electron chi connectivity index (χ3n) is 4.11. The molecule has 1 amide bonds. The molecule has 3 aromatic rings. The zero-order chi connectivity index (χ0) is 18.5. The number of ether oxygens (including phenoxy) is 1. The van der Waals surface area contributed by atoms with Crippen LogP contribution in [0.15, 0.2) is 30.3 Å². The molecule has 26 heavy (non-hydrogen) atoms. The first-order valence-corrected chi connectivity index (χ1v) is 9.57. The molecule has 2 heterocycles. The van der Waals surface area contributed by atoms with Gasteiger partial charge in [0.2, 0.25) is 0 Å². The Morgan fingerprint density at radius 3 is 2.77 bits per heavy atom. The topological polar surface area (TPSA) is 67.7 Å². The van der Waals surface area contributed by atoms with Gasteiger partial charge in [-0.05, 0) is 20.3 Å². The van der Waals surface area contributed by atoms with Crippen molar-refractivity contribution in [1.82, 2.24) is 14.7 Å². The lowest BCUT2D eigenvalue weighted by Gasteiger charge is -2.09. The van der Waals surface area contributed by atoms with E-state index in [4.69, 9.17) is 9.72 Å². The molecule has 0 radical (unpaired) electrons. The van der Waals surface area contributed by atoms with E-state index in [1.807, 2.05) is 48.6 Å². The van der Waals surface area contributed by atoms with Gasteiger partial charge in [-0.2, -0.15) is 0 Å². The zero-order valence-corrected chi connectivity index (χ0v) is 16.2. The summed E-state index contributed by atoms with van der Waals surface area (Å²) in [7, 11) is 1.70. The Bertz CT molecular complexity index is 886. The molecule has 0 fully saturated rings. The summed E-state index contributed by atoms with van der Waals surface area (Å²) in [5.41, 5.74) is 2.86. The van der Waals surface area contributed by atoms with Gasteiger partial charge < -0.3 is 15.4 Å². The number of amides is 1. The standard InChI is InChI=1S/C19H24N4O2S/c1-4-20-18(24)16-13(2)23-17(21-11-8-12-25-3)15(22-19(23)26-16)14-9-6-5-7-10-14/h5-7,9-10,21H,4,8,11-12H2,1-3H3,(H,20,24). The number of methoxy groups -OCH3 is 1. The van der Waals surface area contributed by atoms with E-state index >= 15 is 0 Å². The summed E-state index contributed by atoms with van der Waals surface area (Å²) in [6, 6.07) is 10.1. The number of anilines is 1. The number of nitrogens with one attached hydrogen (secondary N) is 2. The van der Waals surface area contributed by atoms with Crippen molar-refractivity contribution < 1.29 is 9.53 Å². The highest BCUT2D eigenvalue weighted by Gasteiger charge is 2.22. The van der Waals surface area contributed by atoms with Crippen LogP contribution in [0.1, 0.15) is 28.7 Å². The van der Waals surface area contributed by atoms with Gasteiger partial charge in [0.1, 0.15) is 16.4 Å². The summed E-state index contributed by atoms with van der Waals surface area (Å²) < 4.78 is 7.18. The lowest BCUT2D eigenvalue weighted by molar-refractivity contribution is 0.0959. The van der Waals surface area contributed by atoms with E-state index in [0.29, 0.717) is 18.0 Å². The Balaban J connectivity index is 2.05. The van der Waals surface area contributed by atoms with Crippen LogP contribution in [0.2, 0.25) is 0 Å². The quantitative estimate of drug-likeness (QED) is 0.593. The molecule has 6 nitrogen and oxygen atoms in total. The number of hydrogen-bond acceptors (Lipinski definition) is 5. The highest BCUT2D eigenvalue weighted by molar-refractivity contribution is 7.19. The van der Waals surface area contributed by atoms with Crippen LogP contribution in [0.3, 0.4) is 0 Å². The molecule has 1 aromatic carbocycles. The van der Waals surface area contributed by atoms with Crippen LogP contribution in [0.4, 0.5) is 5.82 Å². The number of thiazole rings is 1. The summed E-state index contributed by atoms with van der Waals surface area (Å²) in [6.07, 6.45) is 0.893. The van der Waals surface area contributed by atoms with E-state index in [2.05, 4.69) is 10.6 Å². The number of rotatable bonds is 8. The molecule has 2 N–H and O–H groups in total. The molecule has 138 valence electrons. The van der Waals surface area contributed by atoms with Gasteiger partial charge in [-0.3, -0.25) is 9.20 Å². The first-order chi connectivity index (χ1) is 12.7. The predicted octanol–water partition coefficient (Wildman–Crippen LogP) is 3.57. The molecular weight excluding hydrogens is 348 g/mol. The van der Waals surface area contributed by atoms with E-state index in [9.17, 15) is 4.79 Å². The summed E-state index contributed by atoms with van der Waals surface area (Å²) >= 11 is 1.42. The number of imidazole rings is 1. The predicted molar refractivity (Wildman–Crippen MR) is 106 cm³/mol. The molecule has 0 aliphatic rings. The maximum atomic E-state index is 12.3. The minimum absolute atomic E-state index is 0.0490. The minimum Gasteiger partial charge on any atom is -0.385 e. The molecule has 0 saturated heterocycles. The number of aryl methyl sites for hydroxylation is 1. The Labute approximate surface area is 157 Å². The monoisotopic (exact) mass is 372 g/mol. The third kappa shape index (κ3) is 3.59. The number of aromatic nitrogens is 2. The molecule has 0 aliphatic carbocycles. The van der Waals surface area contributed by atoms with E-state index in [-0.39, 0.29) is 5.91 Å². The fourth-order valence-electron chi connectivity index (χ4n) is 2.88. The van der Waals surface area contributed by atoms with E-state index < -0.39 is 0 Å². The molecule has 3 rings (SSSR count). The van der Waals surface area contributed by atoms with Gasteiger partial charge in [-0.25, -0.2) is 4.98 Å². The number of carbonyl (C=O) groups excluding carboxylic acids is 1. The maximum absolute atomic E-state index is 12.3. The van der Waals surface area contributed by atoms with Gasteiger partial charge in [0, 0.05) is 38.1 Å². The SMILES string of the molecule is CCNC(=O)c1sc2nc(-c3ccccc3)c(NCCCOC)n2c1C. The second-order valence-electron chi connectivity index (χ2n) is 5.94. The number of benzene rings is 1. The third-order valence-corrected chi connectivity index (χ3v) is 5.25.